The first kappa shape index (κ1) is 15.1. The van der Waals surface area contributed by atoms with Gasteiger partial charge in [-0.15, -0.1) is 5.10 Å². The third-order valence-corrected chi connectivity index (χ3v) is 5.11. The van der Waals surface area contributed by atoms with Crippen LogP contribution in [0.5, 0.6) is 0 Å². The second-order valence-electron chi connectivity index (χ2n) is 6.82. The van der Waals surface area contributed by atoms with E-state index in [4.69, 9.17) is 4.42 Å². The summed E-state index contributed by atoms with van der Waals surface area (Å²) >= 11 is 0. The van der Waals surface area contributed by atoms with E-state index in [0.717, 1.165) is 25.9 Å². The second kappa shape index (κ2) is 5.89. The van der Waals surface area contributed by atoms with E-state index >= 15 is 0 Å². The predicted octanol–water partition coefficient (Wildman–Crippen LogP) is 2.33. The summed E-state index contributed by atoms with van der Waals surface area (Å²) in [4.78, 5) is 18.7. The van der Waals surface area contributed by atoms with Gasteiger partial charge in [-0.3, -0.25) is 9.78 Å². The number of hydrogen-bond donors (Lipinski definition) is 1. The van der Waals surface area contributed by atoms with Crippen LogP contribution in [0.3, 0.4) is 0 Å². The fourth-order valence-electron chi connectivity index (χ4n) is 3.27. The van der Waals surface area contributed by atoms with Gasteiger partial charge >= 0.3 is 6.01 Å². The third kappa shape index (κ3) is 2.98. The Bertz CT molecular complexity index is 716. The van der Waals surface area contributed by atoms with Gasteiger partial charge in [-0.1, -0.05) is 11.2 Å². The van der Waals surface area contributed by atoms with Gasteiger partial charge in [0.15, 0.2) is 0 Å². The molecule has 3 heterocycles. The van der Waals surface area contributed by atoms with Crippen molar-refractivity contribution in [1.82, 2.24) is 20.1 Å². The highest BCUT2D eigenvalue weighted by atomic mass is 16.4. The maximum atomic E-state index is 12.6. The molecular formula is C17H21N5O2. The number of nitrogens with one attached hydrogen (secondary N) is 1. The lowest BCUT2D eigenvalue weighted by atomic mass is 9.93. The molecule has 4 rings (SSSR count). The molecule has 126 valence electrons. The summed E-state index contributed by atoms with van der Waals surface area (Å²) in [7, 11) is 0. The number of aromatic nitrogens is 3. The number of pyridine rings is 1. The Labute approximate surface area is 140 Å². The van der Waals surface area contributed by atoms with E-state index in [1.807, 2.05) is 24.0 Å². The Balaban J connectivity index is 1.36. The van der Waals surface area contributed by atoms with Gasteiger partial charge in [-0.25, -0.2) is 0 Å². The molecule has 7 heteroatoms. The minimum atomic E-state index is -0.393. The number of nitrogens with zero attached hydrogens (tertiary/aromatic N) is 4. The molecule has 1 saturated heterocycles. The maximum absolute atomic E-state index is 12.6. The Hall–Kier alpha value is -2.44. The normalized spacial score (nSPS) is 20.0. The van der Waals surface area contributed by atoms with Crippen LogP contribution in [0.25, 0.3) is 11.6 Å². The predicted molar refractivity (Wildman–Crippen MR) is 88.1 cm³/mol. The third-order valence-electron chi connectivity index (χ3n) is 5.11. The van der Waals surface area contributed by atoms with Crippen LogP contribution in [0.2, 0.25) is 0 Å². The van der Waals surface area contributed by atoms with E-state index in [-0.39, 0.29) is 11.9 Å². The van der Waals surface area contributed by atoms with Gasteiger partial charge in [0.1, 0.15) is 11.7 Å². The van der Waals surface area contributed by atoms with Crippen molar-refractivity contribution < 1.29 is 9.21 Å². The van der Waals surface area contributed by atoms with Crippen LogP contribution in [-0.4, -0.2) is 45.1 Å². The van der Waals surface area contributed by atoms with Gasteiger partial charge in [-0.2, -0.15) is 0 Å². The average molecular weight is 327 g/mol. The molecular weight excluding hydrogens is 306 g/mol. The van der Waals surface area contributed by atoms with E-state index in [2.05, 4.69) is 20.5 Å². The SMILES string of the molecule is C[C@H](Nc1nnc(-c2ccccn2)o1)C(=O)N1CCC2(CC1)CC2. The zero-order chi connectivity index (χ0) is 16.6. The molecule has 1 aliphatic carbocycles. The lowest BCUT2D eigenvalue weighted by Crippen LogP contribution is -2.45. The van der Waals surface area contributed by atoms with Crippen LogP contribution in [0.4, 0.5) is 6.01 Å². The Morgan fingerprint density at radius 2 is 2.04 bits per heavy atom. The van der Waals surface area contributed by atoms with Gasteiger partial charge in [0.05, 0.1) is 0 Å². The molecule has 0 aromatic carbocycles. The summed E-state index contributed by atoms with van der Waals surface area (Å²) in [6.07, 6.45) is 6.61. The highest BCUT2D eigenvalue weighted by Crippen LogP contribution is 2.53. The molecule has 1 atom stereocenters. The first-order valence-corrected chi connectivity index (χ1v) is 8.46. The number of anilines is 1. The topological polar surface area (TPSA) is 84.1 Å². The molecule has 1 aliphatic heterocycles. The summed E-state index contributed by atoms with van der Waals surface area (Å²) in [6.45, 7) is 3.54. The van der Waals surface area contributed by atoms with E-state index in [1.54, 1.807) is 12.3 Å². The zero-order valence-electron chi connectivity index (χ0n) is 13.7. The van der Waals surface area contributed by atoms with Gasteiger partial charge < -0.3 is 14.6 Å². The van der Waals surface area contributed by atoms with Crippen molar-refractivity contribution >= 4 is 11.9 Å². The van der Waals surface area contributed by atoms with Crippen molar-refractivity contribution in [2.24, 2.45) is 5.41 Å². The molecule has 0 bridgehead atoms. The van der Waals surface area contributed by atoms with Crippen molar-refractivity contribution in [3.05, 3.63) is 24.4 Å². The molecule has 24 heavy (non-hydrogen) atoms. The minimum Gasteiger partial charge on any atom is -0.402 e. The smallest absolute Gasteiger partial charge is 0.316 e. The molecule has 0 unspecified atom stereocenters. The highest BCUT2D eigenvalue weighted by molar-refractivity contribution is 5.83. The molecule has 2 aromatic rings. The number of carbonyl (C=O) groups excluding carboxylic acids is 1. The van der Waals surface area contributed by atoms with Crippen LogP contribution >= 0.6 is 0 Å². The zero-order valence-corrected chi connectivity index (χ0v) is 13.7. The van der Waals surface area contributed by atoms with Crippen LogP contribution in [0.15, 0.2) is 28.8 Å². The lowest BCUT2D eigenvalue weighted by Gasteiger charge is -2.33. The van der Waals surface area contributed by atoms with Crippen molar-refractivity contribution in [3.8, 4) is 11.6 Å². The summed E-state index contributed by atoms with van der Waals surface area (Å²) in [6, 6.07) is 5.33. The summed E-state index contributed by atoms with van der Waals surface area (Å²) in [5, 5.41) is 10.9. The Kier molecular flexibility index (Phi) is 3.70. The van der Waals surface area contributed by atoms with Crippen LogP contribution in [0, 0.1) is 5.41 Å². The van der Waals surface area contributed by atoms with E-state index in [0.29, 0.717) is 17.0 Å². The van der Waals surface area contributed by atoms with Gasteiger partial charge in [-0.05, 0) is 50.2 Å². The quantitative estimate of drug-likeness (QED) is 0.928. The molecule has 2 aliphatic rings. The number of hydrogen-bond acceptors (Lipinski definition) is 6. The van der Waals surface area contributed by atoms with Crippen molar-refractivity contribution in [1.29, 1.82) is 0 Å². The molecule has 1 saturated carbocycles. The number of piperidine rings is 1. The van der Waals surface area contributed by atoms with E-state index in [9.17, 15) is 4.79 Å². The Morgan fingerprint density at radius 1 is 1.25 bits per heavy atom. The van der Waals surface area contributed by atoms with Crippen molar-refractivity contribution in [3.63, 3.8) is 0 Å². The van der Waals surface area contributed by atoms with Crippen LogP contribution < -0.4 is 5.32 Å². The fraction of sp³-hybridized carbons (Fsp3) is 0.529. The maximum Gasteiger partial charge on any atom is 0.316 e. The number of amides is 1. The first-order chi connectivity index (χ1) is 11.7. The minimum absolute atomic E-state index is 0.0862. The molecule has 1 amide bonds. The second-order valence-corrected chi connectivity index (χ2v) is 6.82. The number of carbonyl (C=O) groups is 1. The molecule has 7 nitrogen and oxygen atoms in total. The molecule has 0 radical (unpaired) electrons. The van der Waals surface area contributed by atoms with Crippen LogP contribution in [-0.2, 0) is 4.79 Å². The molecule has 1 N–H and O–H groups in total. The largest absolute Gasteiger partial charge is 0.402 e. The van der Waals surface area contributed by atoms with Gasteiger partial charge in [0, 0.05) is 19.3 Å². The molecule has 2 aromatic heterocycles. The summed E-state index contributed by atoms with van der Waals surface area (Å²) in [5.41, 5.74) is 1.18. The Morgan fingerprint density at radius 3 is 2.71 bits per heavy atom. The number of rotatable bonds is 4. The lowest BCUT2D eigenvalue weighted by molar-refractivity contribution is -0.133. The van der Waals surface area contributed by atoms with Gasteiger partial charge in [0.25, 0.3) is 5.89 Å². The summed E-state index contributed by atoms with van der Waals surface area (Å²) in [5.74, 6) is 0.425. The van der Waals surface area contributed by atoms with E-state index in [1.165, 1.54) is 12.8 Å². The van der Waals surface area contributed by atoms with Gasteiger partial charge in [0.2, 0.25) is 5.91 Å². The first-order valence-electron chi connectivity index (χ1n) is 8.46. The number of likely N-dealkylation sites (tertiary alicyclic amines) is 1. The van der Waals surface area contributed by atoms with Crippen LogP contribution in [0.1, 0.15) is 32.6 Å². The van der Waals surface area contributed by atoms with Crippen molar-refractivity contribution in [2.75, 3.05) is 18.4 Å². The van der Waals surface area contributed by atoms with Crippen molar-refractivity contribution in [2.45, 2.75) is 38.6 Å². The van der Waals surface area contributed by atoms with E-state index < -0.39 is 6.04 Å². The average Bonchev–Trinajstić information content (AvgIpc) is 3.20. The standard InChI is InChI=1S/C17H21N5O2/c1-12(15(23)22-10-7-17(5-6-17)8-11-22)19-16-21-20-14(24-16)13-4-2-3-9-18-13/h2-4,9,12H,5-8,10-11H2,1H3,(H,19,21)/t12-/m0/s1. The molecule has 1 spiro atoms. The monoisotopic (exact) mass is 327 g/mol. The summed E-state index contributed by atoms with van der Waals surface area (Å²) < 4.78 is 5.55. The highest BCUT2D eigenvalue weighted by Gasteiger charge is 2.45. The fourth-order valence-corrected chi connectivity index (χ4v) is 3.27. The molecule has 2 fully saturated rings.